The summed E-state index contributed by atoms with van der Waals surface area (Å²) >= 11 is 0. The number of fused-ring (bicyclic) bond motifs is 1. The first-order valence-corrected chi connectivity index (χ1v) is 6.83. The van der Waals surface area contributed by atoms with Crippen LogP contribution in [0.15, 0.2) is 60.6 Å². The van der Waals surface area contributed by atoms with Crippen molar-refractivity contribution in [1.29, 1.82) is 0 Å². The summed E-state index contributed by atoms with van der Waals surface area (Å²) in [7, 11) is 0. The number of rotatable bonds is 4. The van der Waals surface area contributed by atoms with Crippen LogP contribution in [0.2, 0.25) is 0 Å². The predicted molar refractivity (Wildman–Crippen MR) is 85.1 cm³/mol. The van der Waals surface area contributed by atoms with Gasteiger partial charge in [-0.15, -0.1) is 0 Å². The molecule has 0 unspecified atom stereocenters. The molecule has 1 aromatic heterocycles. The molecule has 22 heavy (non-hydrogen) atoms. The van der Waals surface area contributed by atoms with E-state index >= 15 is 0 Å². The first-order valence-electron chi connectivity index (χ1n) is 6.83. The number of primary amides is 1. The van der Waals surface area contributed by atoms with Crippen molar-refractivity contribution in [1.82, 2.24) is 9.55 Å². The van der Waals surface area contributed by atoms with E-state index in [1.165, 1.54) is 11.6 Å². The van der Waals surface area contributed by atoms with Gasteiger partial charge in [0.15, 0.2) is 5.76 Å². The lowest BCUT2D eigenvalue weighted by Gasteiger charge is -2.04. The zero-order valence-corrected chi connectivity index (χ0v) is 11.8. The Morgan fingerprint density at radius 1 is 1.23 bits per heavy atom. The third-order valence-corrected chi connectivity index (χ3v) is 3.40. The van der Waals surface area contributed by atoms with E-state index in [4.69, 9.17) is 5.73 Å². The van der Waals surface area contributed by atoms with Crippen LogP contribution in [0.5, 0.6) is 0 Å². The molecule has 0 fully saturated rings. The van der Waals surface area contributed by atoms with Gasteiger partial charge in [0.1, 0.15) is 0 Å². The lowest BCUT2D eigenvalue weighted by atomic mass is 10.1. The van der Waals surface area contributed by atoms with Gasteiger partial charge in [-0.2, -0.15) is 0 Å². The number of hydrogen-bond acceptors (Lipinski definition) is 3. The maximum Gasteiger partial charge on any atom is 0.283 e. The Kier molecular flexibility index (Phi) is 3.62. The van der Waals surface area contributed by atoms with Crippen LogP contribution in [0.3, 0.4) is 0 Å². The Labute approximate surface area is 127 Å². The minimum Gasteiger partial charge on any atom is -0.503 e. The fourth-order valence-corrected chi connectivity index (χ4v) is 2.31. The molecule has 5 nitrogen and oxygen atoms in total. The number of benzene rings is 2. The second kappa shape index (κ2) is 5.73. The molecular formula is C17H15N3O2. The van der Waals surface area contributed by atoms with Crippen LogP contribution in [-0.4, -0.2) is 20.6 Å². The van der Waals surface area contributed by atoms with Crippen LogP contribution < -0.4 is 5.73 Å². The van der Waals surface area contributed by atoms with Gasteiger partial charge in [-0.25, -0.2) is 4.98 Å². The van der Waals surface area contributed by atoms with Gasteiger partial charge in [0.25, 0.3) is 5.91 Å². The summed E-state index contributed by atoms with van der Waals surface area (Å²) < 4.78 is 2.05. The highest BCUT2D eigenvalue weighted by molar-refractivity contribution is 5.94. The molecule has 0 aliphatic carbocycles. The second-order valence-corrected chi connectivity index (χ2v) is 5.00. The van der Waals surface area contributed by atoms with E-state index < -0.39 is 11.7 Å². The summed E-state index contributed by atoms with van der Waals surface area (Å²) in [5, 5.41) is 9.41. The highest BCUT2D eigenvalue weighted by Gasteiger charge is 2.06. The SMILES string of the molecule is NC(=O)C(O)=Cc1ccc2c(c1)ncn2Cc1ccccc1. The molecule has 0 spiro atoms. The maximum atomic E-state index is 10.9. The Balaban J connectivity index is 1.93. The summed E-state index contributed by atoms with van der Waals surface area (Å²) in [6.45, 7) is 0.735. The molecule has 0 saturated heterocycles. The Morgan fingerprint density at radius 2 is 2.00 bits per heavy atom. The number of nitrogens with two attached hydrogens (primary N) is 1. The fourth-order valence-electron chi connectivity index (χ4n) is 2.31. The van der Waals surface area contributed by atoms with Crippen LogP contribution in [0.25, 0.3) is 17.1 Å². The van der Waals surface area contributed by atoms with Crippen molar-refractivity contribution in [3.8, 4) is 0 Å². The quantitative estimate of drug-likeness (QED) is 0.572. The number of amides is 1. The lowest BCUT2D eigenvalue weighted by molar-refractivity contribution is -0.116. The zero-order valence-electron chi connectivity index (χ0n) is 11.8. The van der Waals surface area contributed by atoms with Gasteiger partial charge in [-0.05, 0) is 29.3 Å². The van der Waals surface area contributed by atoms with Crippen molar-refractivity contribution >= 4 is 23.0 Å². The van der Waals surface area contributed by atoms with Gasteiger partial charge in [0, 0.05) is 6.54 Å². The van der Waals surface area contributed by atoms with Gasteiger partial charge in [0.2, 0.25) is 0 Å². The molecule has 3 aromatic rings. The fraction of sp³-hybridized carbons (Fsp3) is 0.0588. The molecule has 0 atom stereocenters. The third kappa shape index (κ3) is 2.83. The van der Waals surface area contributed by atoms with Crippen LogP contribution in [-0.2, 0) is 11.3 Å². The van der Waals surface area contributed by atoms with E-state index in [9.17, 15) is 9.90 Å². The summed E-state index contributed by atoms with van der Waals surface area (Å²) in [6.07, 6.45) is 3.11. The molecular weight excluding hydrogens is 278 g/mol. The van der Waals surface area contributed by atoms with E-state index in [2.05, 4.69) is 17.1 Å². The molecule has 3 rings (SSSR count). The average molecular weight is 293 g/mol. The van der Waals surface area contributed by atoms with E-state index in [-0.39, 0.29) is 0 Å². The number of nitrogens with zero attached hydrogens (tertiary/aromatic N) is 2. The van der Waals surface area contributed by atoms with Crippen LogP contribution in [0.4, 0.5) is 0 Å². The Morgan fingerprint density at radius 3 is 2.73 bits per heavy atom. The zero-order chi connectivity index (χ0) is 15.5. The Bertz CT molecular complexity index is 851. The van der Waals surface area contributed by atoms with E-state index in [1.807, 2.05) is 34.9 Å². The van der Waals surface area contributed by atoms with Crippen LogP contribution in [0, 0.1) is 0 Å². The smallest absolute Gasteiger partial charge is 0.283 e. The molecule has 3 N–H and O–H groups in total. The molecule has 1 amide bonds. The largest absolute Gasteiger partial charge is 0.503 e. The standard InChI is InChI=1S/C17H15N3O2/c18-17(22)16(21)9-13-6-7-15-14(8-13)19-11-20(15)10-12-4-2-1-3-5-12/h1-9,11,21H,10H2,(H2,18,22). The van der Waals surface area contributed by atoms with Crippen molar-refractivity contribution < 1.29 is 9.90 Å². The van der Waals surface area contributed by atoms with Crippen molar-refractivity contribution in [2.75, 3.05) is 0 Å². The van der Waals surface area contributed by atoms with Crippen LogP contribution >= 0.6 is 0 Å². The molecule has 2 aromatic carbocycles. The third-order valence-electron chi connectivity index (χ3n) is 3.40. The van der Waals surface area contributed by atoms with Crippen molar-refractivity contribution in [3.63, 3.8) is 0 Å². The average Bonchev–Trinajstić information content (AvgIpc) is 2.90. The number of hydrogen-bond donors (Lipinski definition) is 2. The topological polar surface area (TPSA) is 81.1 Å². The number of carbonyl (C=O) groups excluding carboxylic acids is 1. The molecule has 0 radical (unpaired) electrons. The molecule has 110 valence electrons. The first-order chi connectivity index (χ1) is 10.6. The number of aliphatic hydroxyl groups excluding tert-OH is 1. The normalized spacial score (nSPS) is 11.7. The van der Waals surface area contributed by atoms with Gasteiger partial charge in [-0.3, -0.25) is 4.79 Å². The monoisotopic (exact) mass is 293 g/mol. The highest BCUT2D eigenvalue weighted by Crippen LogP contribution is 2.18. The van der Waals surface area contributed by atoms with E-state index in [0.29, 0.717) is 5.56 Å². The Hall–Kier alpha value is -3.08. The molecule has 0 saturated carbocycles. The number of imidazole rings is 1. The first kappa shape index (κ1) is 13.9. The van der Waals surface area contributed by atoms with Crippen LogP contribution in [0.1, 0.15) is 11.1 Å². The second-order valence-electron chi connectivity index (χ2n) is 5.00. The van der Waals surface area contributed by atoms with Crippen molar-refractivity contribution in [2.24, 2.45) is 5.73 Å². The van der Waals surface area contributed by atoms with E-state index in [0.717, 1.165) is 17.6 Å². The minimum absolute atomic E-state index is 0.469. The molecule has 5 heteroatoms. The van der Waals surface area contributed by atoms with Gasteiger partial charge in [0.05, 0.1) is 17.4 Å². The summed E-state index contributed by atoms with van der Waals surface area (Å²) in [6, 6.07) is 15.6. The van der Waals surface area contributed by atoms with E-state index in [1.54, 1.807) is 12.4 Å². The molecule has 1 heterocycles. The predicted octanol–water partition coefficient (Wildman–Crippen LogP) is 2.47. The van der Waals surface area contributed by atoms with Crippen molar-refractivity contribution in [2.45, 2.75) is 6.54 Å². The van der Waals surface area contributed by atoms with Gasteiger partial charge >= 0.3 is 0 Å². The number of carbonyl (C=O) groups is 1. The molecule has 0 aliphatic heterocycles. The van der Waals surface area contributed by atoms with Gasteiger partial charge < -0.3 is 15.4 Å². The maximum absolute atomic E-state index is 10.9. The van der Waals surface area contributed by atoms with Crippen molar-refractivity contribution in [3.05, 3.63) is 71.7 Å². The summed E-state index contributed by atoms with van der Waals surface area (Å²) in [5.41, 5.74) is 8.66. The number of aromatic nitrogens is 2. The van der Waals surface area contributed by atoms with Gasteiger partial charge in [-0.1, -0.05) is 36.4 Å². The number of aliphatic hydroxyl groups is 1. The lowest BCUT2D eigenvalue weighted by Crippen LogP contribution is -2.12. The summed E-state index contributed by atoms with van der Waals surface area (Å²) in [5.74, 6) is -1.32. The molecule has 0 bridgehead atoms. The minimum atomic E-state index is -0.852. The highest BCUT2D eigenvalue weighted by atomic mass is 16.3. The summed E-state index contributed by atoms with van der Waals surface area (Å²) in [4.78, 5) is 15.2. The molecule has 0 aliphatic rings.